The third kappa shape index (κ3) is 4.52. The van der Waals surface area contributed by atoms with Crippen LogP contribution in [0, 0.1) is 5.82 Å². The van der Waals surface area contributed by atoms with Crippen molar-refractivity contribution < 1.29 is 14.0 Å². The van der Waals surface area contributed by atoms with Crippen LogP contribution < -0.4 is 0 Å². The summed E-state index contributed by atoms with van der Waals surface area (Å²) in [5, 5.41) is 1.62. The molecule has 7 heteroatoms. The molecule has 0 radical (unpaired) electrons. The minimum atomic E-state index is -0.290. The van der Waals surface area contributed by atoms with E-state index < -0.39 is 0 Å². The van der Waals surface area contributed by atoms with Crippen molar-refractivity contribution in [2.45, 2.75) is 30.4 Å². The SMILES string of the molecule is CCC1SC(c2cccc(F)c2)N(CCCN(C)C(=O)c2cccs2)C1=O. The lowest BCUT2D eigenvalue weighted by Gasteiger charge is -2.25. The minimum absolute atomic E-state index is 0.000221. The second kappa shape index (κ2) is 8.89. The fourth-order valence-electron chi connectivity index (χ4n) is 3.17. The van der Waals surface area contributed by atoms with E-state index in [1.54, 1.807) is 29.8 Å². The quantitative estimate of drug-likeness (QED) is 0.684. The monoisotopic (exact) mass is 406 g/mol. The van der Waals surface area contributed by atoms with E-state index in [2.05, 4.69) is 0 Å². The van der Waals surface area contributed by atoms with Crippen molar-refractivity contribution in [3.8, 4) is 0 Å². The fourth-order valence-corrected chi connectivity index (χ4v) is 5.31. The molecular weight excluding hydrogens is 383 g/mol. The van der Waals surface area contributed by atoms with Crippen molar-refractivity contribution in [2.75, 3.05) is 20.1 Å². The molecule has 1 aromatic carbocycles. The first-order valence-corrected chi connectivity index (χ1v) is 10.8. The van der Waals surface area contributed by atoms with Crippen LogP contribution in [0.2, 0.25) is 0 Å². The van der Waals surface area contributed by atoms with Crippen LogP contribution in [-0.2, 0) is 4.79 Å². The summed E-state index contributed by atoms with van der Waals surface area (Å²) in [7, 11) is 1.78. The van der Waals surface area contributed by atoms with E-state index in [0.29, 0.717) is 24.4 Å². The lowest BCUT2D eigenvalue weighted by Crippen LogP contribution is -2.34. The summed E-state index contributed by atoms with van der Waals surface area (Å²) in [6.45, 7) is 3.11. The Morgan fingerprint density at radius 2 is 2.11 bits per heavy atom. The molecule has 0 saturated carbocycles. The summed E-state index contributed by atoms with van der Waals surface area (Å²) in [6.07, 6.45) is 1.44. The highest BCUT2D eigenvalue weighted by atomic mass is 32.2. The molecule has 2 amide bonds. The first kappa shape index (κ1) is 19.9. The molecule has 3 rings (SSSR count). The third-order valence-corrected chi connectivity index (χ3v) is 7.12. The first-order chi connectivity index (χ1) is 13.0. The molecule has 0 spiro atoms. The van der Waals surface area contributed by atoms with E-state index in [-0.39, 0.29) is 28.3 Å². The number of thiophene rings is 1. The number of thioether (sulfide) groups is 1. The van der Waals surface area contributed by atoms with Crippen molar-refractivity contribution in [1.82, 2.24) is 9.80 Å². The van der Waals surface area contributed by atoms with Crippen LogP contribution in [0.5, 0.6) is 0 Å². The van der Waals surface area contributed by atoms with Gasteiger partial charge in [0, 0.05) is 20.1 Å². The number of hydrogen-bond donors (Lipinski definition) is 0. The predicted molar refractivity (Wildman–Crippen MR) is 108 cm³/mol. The summed E-state index contributed by atoms with van der Waals surface area (Å²) in [6, 6.07) is 10.1. The summed E-state index contributed by atoms with van der Waals surface area (Å²) in [5.74, 6) is -0.189. The van der Waals surface area contributed by atoms with Gasteiger partial charge >= 0.3 is 0 Å². The summed E-state index contributed by atoms with van der Waals surface area (Å²) < 4.78 is 13.6. The number of hydrogen-bond acceptors (Lipinski definition) is 4. The summed E-state index contributed by atoms with van der Waals surface area (Å²) >= 11 is 3.01. The van der Waals surface area contributed by atoms with Crippen LogP contribution in [-0.4, -0.2) is 47.0 Å². The molecule has 1 fully saturated rings. The maximum absolute atomic E-state index is 13.6. The Labute approximate surface area is 167 Å². The molecule has 27 heavy (non-hydrogen) atoms. The second-order valence-corrected chi connectivity index (χ2v) is 8.76. The van der Waals surface area contributed by atoms with E-state index in [9.17, 15) is 14.0 Å². The highest BCUT2D eigenvalue weighted by Crippen LogP contribution is 2.44. The number of amides is 2. The van der Waals surface area contributed by atoms with Crippen LogP contribution in [0.4, 0.5) is 4.39 Å². The van der Waals surface area contributed by atoms with Gasteiger partial charge in [0.05, 0.1) is 10.1 Å². The maximum Gasteiger partial charge on any atom is 0.263 e. The second-order valence-electron chi connectivity index (χ2n) is 6.53. The van der Waals surface area contributed by atoms with Gasteiger partial charge in [-0.15, -0.1) is 23.1 Å². The molecule has 144 valence electrons. The average Bonchev–Trinajstić information content (AvgIpc) is 3.30. The molecule has 1 aliphatic heterocycles. The summed E-state index contributed by atoms with van der Waals surface area (Å²) in [5.41, 5.74) is 0.812. The first-order valence-electron chi connectivity index (χ1n) is 9.01. The van der Waals surface area contributed by atoms with E-state index in [4.69, 9.17) is 0 Å². The minimum Gasteiger partial charge on any atom is -0.341 e. The number of rotatable bonds is 7. The van der Waals surface area contributed by atoms with Crippen LogP contribution >= 0.6 is 23.1 Å². The van der Waals surface area contributed by atoms with Crippen molar-refractivity contribution in [3.05, 3.63) is 58.0 Å². The Hall–Kier alpha value is -1.86. The molecule has 2 unspecified atom stereocenters. The van der Waals surface area contributed by atoms with Gasteiger partial charge in [0.2, 0.25) is 5.91 Å². The van der Waals surface area contributed by atoms with E-state index >= 15 is 0 Å². The van der Waals surface area contributed by atoms with Crippen molar-refractivity contribution in [3.63, 3.8) is 0 Å². The lowest BCUT2D eigenvalue weighted by atomic mass is 10.2. The van der Waals surface area contributed by atoms with Gasteiger partial charge in [-0.2, -0.15) is 0 Å². The smallest absolute Gasteiger partial charge is 0.263 e. The molecule has 0 N–H and O–H groups in total. The molecule has 2 atom stereocenters. The molecule has 2 aromatic rings. The Morgan fingerprint density at radius 1 is 1.30 bits per heavy atom. The number of halogens is 1. The molecular formula is C20H23FN2O2S2. The Kier molecular flexibility index (Phi) is 6.55. The van der Waals surface area contributed by atoms with Gasteiger partial charge in [-0.3, -0.25) is 9.59 Å². The van der Waals surface area contributed by atoms with Crippen molar-refractivity contribution in [1.29, 1.82) is 0 Å². The number of carbonyl (C=O) groups is 2. The van der Waals surface area contributed by atoms with E-state index in [0.717, 1.165) is 12.0 Å². The van der Waals surface area contributed by atoms with Gasteiger partial charge in [-0.25, -0.2) is 4.39 Å². The number of benzene rings is 1. The van der Waals surface area contributed by atoms with Gasteiger partial charge in [-0.1, -0.05) is 25.1 Å². The average molecular weight is 407 g/mol. The number of carbonyl (C=O) groups excluding carboxylic acids is 2. The molecule has 1 saturated heterocycles. The van der Waals surface area contributed by atoms with Crippen molar-refractivity contribution >= 4 is 34.9 Å². The molecule has 2 heterocycles. The zero-order valence-corrected chi connectivity index (χ0v) is 17.1. The third-order valence-electron chi connectivity index (χ3n) is 4.61. The van der Waals surface area contributed by atoms with Gasteiger partial charge in [0.1, 0.15) is 11.2 Å². The zero-order chi connectivity index (χ0) is 19.4. The standard InChI is InChI=1S/C20H23FN2O2S2/c1-3-16-19(25)23(20(27-16)14-7-4-8-15(21)13-14)11-6-10-22(2)18(24)17-9-5-12-26-17/h4-5,7-9,12-13,16,20H,3,6,10-11H2,1-2H3. The van der Waals surface area contributed by atoms with Gasteiger partial charge in [0.25, 0.3) is 5.91 Å². The Bertz CT molecular complexity index is 797. The van der Waals surface area contributed by atoms with Crippen molar-refractivity contribution in [2.24, 2.45) is 0 Å². The topological polar surface area (TPSA) is 40.6 Å². The lowest BCUT2D eigenvalue weighted by molar-refractivity contribution is -0.130. The van der Waals surface area contributed by atoms with Gasteiger partial charge < -0.3 is 9.80 Å². The zero-order valence-electron chi connectivity index (χ0n) is 15.4. The molecule has 1 aromatic heterocycles. The van der Waals surface area contributed by atoms with Crippen LogP contribution in [0.1, 0.15) is 40.4 Å². The van der Waals surface area contributed by atoms with Crippen LogP contribution in [0.3, 0.4) is 0 Å². The van der Waals surface area contributed by atoms with E-state index in [1.807, 2.05) is 35.4 Å². The number of nitrogens with zero attached hydrogens (tertiary/aromatic N) is 2. The molecule has 4 nitrogen and oxygen atoms in total. The Morgan fingerprint density at radius 3 is 2.78 bits per heavy atom. The highest BCUT2D eigenvalue weighted by molar-refractivity contribution is 8.01. The highest BCUT2D eigenvalue weighted by Gasteiger charge is 2.39. The van der Waals surface area contributed by atoms with Crippen LogP contribution in [0.25, 0.3) is 0 Å². The molecule has 0 bridgehead atoms. The largest absolute Gasteiger partial charge is 0.341 e. The van der Waals surface area contributed by atoms with Gasteiger partial charge in [-0.05, 0) is 42.0 Å². The van der Waals surface area contributed by atoms with Gasteiger partial charge in [0.15, 0.2) is 0 Å². The van der Waals surface area contributed by atoms with Crippen LogP contribution in [0.15, 0.2) is 41.8 Å². The molecule has 0 aliphatic carbocycles. The Balaban J connectivity index is 1.64. The normalized spacial score (nSPS) is 19.5. The summed E-state index contributed by atoms with van der Waals surface area (Å²) in [4.78, 5) is 29.3. The molecule has 1 aliphatic rings. The fraction of sp³-hybridized carbons (Fsp3) is 0.400. The predicted octanol–water partition coefficient (Wildman–Crippen LogP) is 4.40. The maximum atomic E-state index is 13.6. The van der Waals surface area contributed by atoms with E-state index in [1.165, 1.54) is 23.5 Å².